The number of aromatic nitrogens is 2. The van der Waals surface area contributed by atoms with E-state index in [9.17, 15) is 5.11 Å². The number of phenolic OH excluding ortho intramolecular Hbond substituents is 1. The Balaban J connectivity index is 0.000000538. The molecule has 0 saturated carbocycles. The first kappa shape index (κ1) is 38.4. The van der Waals surface area contributed by atoms with Crippen molar-refractivity contribution in [2.24, 2.45) is 0 Å². The van der Waals surface area contributed by atoms with Gasteiger partial charge in [-0.15, -0.1) is 5.60 Å². The second-order valence-electron chi connectivity index (χ2n) is 8.19. The number of nitrogen functional groups attached to an aromatic ring is 2. The molecule has 0 amide bonds. The smallest absolute Gasteiger partial charge is 0.850 e. The van der Waals surface area contributed by atoms with Gasteiger partial charge >= 0.3 is 51.4 Å². The molecule has 0 aliphatic carbocycles. The Hall–Kier alpha value is -0.574. The molecule has 2 heterocycles. The third-order valence-electron chi connectivity index (χ3n) is 3.61. The van der Waals surface area contributed by atoms with Crippen molar-refractivity contribution in [3.63, 3.8) is 0 Å². The number of halogens is 5. The van der Waals surface area contributed by atoms with Crippen molar-refractivity contribution in [3.05, 3.63) is 97.0 Å². The summed E-state index contributed by atoms with van der Waals surface area (Å²) in [5.74, 6) is 1.35. The van der Waals surface area contributed by atoms with Crippen molar-refractivity contribution < 1.29 is 66.3 Å². The van der Waals surface area contributed by atoms with Gasteiger partial charge in [-0.2, -0.15) is 0 Å². The van der Waals surface area contributed by atoms with Crippen LogP contribution in [0.25, 0.3) is 0 Å². The Morgan fingerprint density at radius 1 is 0.769 bits per heavy atom. The number of pyridine rings is 2. The van der Waals surface area contributed by atoms with Gasteiger partial charge in [-0.25, -0.2) is 9.97 Å². The molecule has 2 aromatic carbocycles. The average Bonchev–Trinajstić information content (AvgIpc) is 2.83. The minimum absolute atomic E-state index is 0. The summed E-state index contributed by atoms with van der Waals surface area (Å²) in [4.78, 5) is 7.60. The first-order chi connectivity index (χ1) is 17.7. The van der Waals surface area contributed by atoms with Gasteiger partial charge in [0, 0.05) is 33.4 Å². The van der Waals surface area contributed by atoms with E-state index < -0.39 is 5.60 Å². The Morgan fingerprint density at radius 2 is 1.18 bits per heavy atom. The van der Waals surface area contributed by atoms with Crippen molar-refractivity contribution in [2.75, 3.05) is 11.5 Å². The Labute approximate surface area is 304 Å². The van der Waals surface area contributed by atoms with E-state index in [0.29, 0.717) is 38.1 Å². The zero-order valence-electron chi connectivity index (χ0n) is 21.6. The Bertz CT molecular complexity index is 1230. The molecule has 0 radical (unpaired) electrons. The number of nitrogens with zero attached hydrogens (tertiary/aromatic N) is 2. The van der Waals surface area contributed by atoms with E-state index in [0.717, 1.165) is 3.57 Å². The molecule has 0 unspecified atom stereocenters. The molecule has 7 nitrogen and oxygen atoms in total. The van der Waals surface area contributed by atoms with Gasteiger partial charge in [0.05, 0.1) is 5.02 Å². The first-order valence-electron chi connectivity index (χ1n) is 10.7. The fourth-order valence-electron chi connectivity index (χ4n) is 2.01. The van der Waals surface area contributed by atoms with Crippen LogP contribution < -0.4 is 72.7 Å². The van der Waals surface area contributed by atoms with E-state index in [1.54, 1.807) is 87.6 Å². The molecule has 0 saturated heterocycles. The first-order valence-corrected chi connectivity index (χ1v) is 13.3. The van der Waals surface area contributed by atoms with Crippen molar-refractivity contribution in [2.45, 2.75) is 26.4 Å². The van der Waals surface area contributed by atoms with Gasteiger partial charge < -0.3 is 26.4 Å². The number of hydrogen-bond donors (Lipinski definition) is 3. The molecule has 0 spiro atoms. The normalized spacial score (nSPS) is 9.77. The van der Waals surface area contributed by atoms with Gasteiger partial charge in [0.2, 0.25) is 0 Å². The summed E-state index contributed by atoms with van der Waals surface area (Å²) < 4.78 is 6.46. The molecule has 5 N–H and O–H groups in total. The number of aromatic hydroxyl groups is 1. The molecule has 0 fully saturated rings. The summed E-state index contributed by atoms with van der Waals surface area (Å²) in [7, 11) is 0. The van der Waals surface area contributed by atoms with Crippen LogP contribution in [-0.2, 0) is 0 Å². The molecule has 39 heavy (non-hydrogen) atoms. The van der Waals surface area contributed by atoms with Crippen LogP contribution in [0.3, 0.4) is 0 Å². The minimum Gasteiger partial charge on any atom is -0.850 e. The number of benzene rings is 2. The van der Waals surface area contributed by atoms with Crippen LogP contribution in [-0.4, -0.2) is 20.7 Å². The van der Waals surface area contributed by atoms with Crippen LogP contribution >= 0.6 is 69.0 Å². The quantitative estimate of drug-likeness (QED) is 0.0877. The minimum atomic E-state index is -0.750. The molecule has 204 valence electrons. The molecule has 4 aromatic rings. The summed E-state index contributed by atoms with van der Waals surface area (Å²) in [6, 6.07) is 16.8. The Morgan fingerprint density at radius 3 is 1.59 bits per heavy atom. The number of ether oxygens (including phenoxy) is 1. The maximum absolute atomic E-state index is 10.1. The topological polar surface area (TPSA) is 130 Å². The summed E-state index contributed by atoms with van der Waals surface area (Å²) in [5.41, 5.74) is 11.5. The standard InChI is InChI=1S/C11H8Cl2N2O.C6H7NO.C5H2Cl2IN.C4H9O.K/c12-10-9(5-6-15-11(10)13)16-8-3-1-7(14)2-4-8;7-5-1-3-6(8)4-2-5;6-4-3(8)1-2-9-5(4)7;1-4(2,3)5;/h1-6H,14H2;1-4,8H,7H2;1-2H;1-3H3;/q;;;-1;+1. The van der Waals surface area contributed by atoms with Crippen LogP contribution in [0.15, 0.2) is 73.1 Å². The predicted molar refractivity (Wildman–Crippen MR) is 164 cm³/mol. The monoisotopic (exact) mass is 748 g/mol. The zero-order chi connectivity index (χ0) is 28.9. The molecular formula is C26H26Cl4IKN4O3. The fraction of sp³-hybridized carbons (Fsp3) is 0.154. The fourth-order valence-corrected chi connectivity index (χ4v) is 3.16. The van der Waals surface area contributed by atoms with E-state index in [4.69, 9.17) is 67.7 Å². The van der Waals surface area contributed by atoms with Gasteiger partial charge in [0.15, 0.2) is 10.9 Å². The largest absolute Gasteiger partial charge is 1.00 e. The van der Waals surface area contributed by atoms with Crippen molar-refractivity contribution in [3.8, 4) is 17.2 Å². The number of phenols is 1. The number of nitrogens with two attached hydrogens (primary N) is 2. The molecular weight excluding hydrogens is 724 g/mol. The summed E-state index contributed by atoms with van der Waals surface area (Å²) in [5, 5.41) is 20.2. The summed E-state index contributed by atoms with van der Waals surface area (Å²) >= 11 is 25.0. The molecule has 0 atom stereocenters. The number of anilines is 2. The average molecular weight is 750 g/mol. The van der Waals surface area contributed by atoms with E-state index >= 15 is 0 Å². The molecule has 0 bridgehead atoms. The van der Waals surface area contributed by atoms with Crippen LogP contribution in [0.2, 0.25) is 20.4 Å². The molecule has 0 aliphatic heterocycles. The predicted octanol–water partition coefficient (Wildman–Crippen LogP) is 4.88. The van der Waals surface area contributed by atoms with E-state index in [2.05, 4.69) is 32.6 Å². The Kier molecular flexibility index (Phi) is 19.2. The third kappa shape index (κ3) is 17.8. The van der Waals surface area contributed by atoms with Crippen LogP contribution in [0.5, 0.6) is 17.2 Å². The molecule has 2 aromatic heterocycles. The van der Waals surface area contributed by atoms with Crippen LogP contribution in [0.1, 0.15) is 20.8 Å². The summed E-state index contributed by atoms with van der Waals surface area (Å²) in [6.07, 6.45) is 3.15. The number of hydrogen-bond acceptors (Lipinski definition) is 7. The van der Waals surface area contributed by atoms with Crippen molar-refractivity contribution >= 4 is 80.4 Å². The maximum atomic E-state index is 10.1. The SMILES string of the molecule is CC(C)(C)[O-].Clc1nccc(I)c1Cl.Nc1ccc(O)cc1.Nc1ccc(Oc2ccnc(Cl)c2Cl)cc1.[K+]. The molecule has 13 heteroatoms. The summed E-state index contributed by atoms with van der Waals surface area (Å²) in [6.45, 7) is 4.90. The third-order valence-corrected chi connectivity index (χ3v) is 6.34. The zero-order valence-corrected chi connectivity index (χ0v) is 29.9. The molecule has 4 rings (SSSR count). The second-order valence-corrected chi connectivity index (χ2v) is 10.8. The van der Waals surface area contributed by atoms with E-state index in [-0.39, 0.29) is 62.3 Å². The van der Waals surface area contributed by atoms with Crippen molar-refractivity contribution in [1.82, 2.24) is 9.97 Å². The number of rotatable bonds is 2. The van der Waals surface area contributed by atoms with Gasteiger partial charge in [0.1, 0.15) is 21.7 Å². The van der Waals surface area contributed by atoms with Gasteiger partial charge in [0.25, 0.3) is 0 Å². The van der Waals surface area contributed by atoms with Crippen molar-refractivity contribution in [1.29, 1.82) is 0 Å². The van der Waals surface area contributed by atoms with Crippen LogP contribution in [0.4, 0.5) is 11.4 Å². The van der Waals surface area contributed by atoms with Gasteiger partial charge in [-0.1, -0.05) is 67.2 Å². The van der Waals surface area contributed by atoms with Gasteiger partial charge in [-0.05, 0) is 77.2 Å². The van der Waals surface area contributed by atoms with E-state index in [1.165, 1.54) is 6.20 Å². The maximum Gasteiger partial charge on any atom is 1.00 e. The van der Waals surface area contributed by atoms with Crippen LogP contribution in [0, 0.1) is 3.57 Å². The molecule has 0 aliphatic rings. The second kappa shape index (κ2) is 19.5. The van der Waals surface area contributed by atoms with E-state index in [1.807, 2.05) is 0 Å². The van der Waals surface area contributed by atoms with Gasteiger partial charge in [-0.3, -0.25) is 0 Å².